The zero-order chi connectivity index (χ0) is 28.7. The number of nitrogens with one attached hydrogen (secondary N) is 1. The van der Waals surface area contributed by atoms with E-state index in [1.54, 1.807) is 37.0 Å². The van der Waals surface area contributed by atoms with Gasteiger partial charge in [0.2, 0.25) is 0 Å². The molecule has 1 unspecified atom stereocenters. The third-order valence-electron chi connectivity index (χ3n) is 5.81. The summed E-state index contributed by atoms with van der Waals surface area (Å²) < 4.78 is 11.1. The first-order chi connectivity index (χ1) is 18.6. The van der Waals surface area contributed by atoms with Gasteiger partial charge in [-0.2, -0.15) is 0 Å². The lowest BCUT2D eigenvalue weighted by Gasteiger charge is -2.26. The minimum Gasteiger partial charge on any atom is -0.465 e. The molecule has 10 heteroatoms. The van der Waals surface area contributed by atoms with E-state index in [2.05, 4.69) is 12.2 Å². The SMILES string of the molecule is CCCCN(Cc1cccs1)C(=O)OCC(CCCCN(Cc1ccccc1)C(=O)O)NC(=O)OC(C)(C)C. The maximum Gasteiger partial charge on any atom is 0.410 e. The third kappa shape index (κ3) is 13.4. The molecule has 2 rings (SSSR count). The molecule has 0 fully saturated rings. The smallest absolute Gasteiger partial charge is 0.410 e. The summed E-state index contributed by atoms with van der Waals surface area (Å²) in [7, 11) is 0. The lowest BCUT2D eigenvalue weighted by atomic mass is 10.1. The lowest BCUT2D eigenvalue weighted by molar-refractivity contribution is 0.0444. The summed E-state index contributed by atoms with van der Waals surface area (Å²) >= 11 is 1.59. The number of alkyl carbamates (subject to hydrolysis) is 1. The number of hydrogen-bond acceptors (Lipinski definition) is 6. The van der Waals surface area contributed by atoms with E-state index >= 15 is 0 Å². The van der Waals surface area contributed by atoms with E-state index in [0.717, 1.165) is 23.3 Å². The van der Waals surface area contributed by atoms with E-state index in [1.165, 1.54) is 4.90 Å². The van der Waals surface area contributed by atoms with Crippen LogP contribution in [0.5, 0.6) is 0 Å². The van der Waals surface area contributed by atoms with Crippen molar-refractivity contribution < 1.29 is 29.0 Å². The maximum atomic E-state index is 13.0. The first-order valence-corrected chi connectivity index (χ1v) is 14.4. The molecule has 2 aromatic rings. The fourth-order valence-electron chi connectivity index (χ4n) is 3.85. The van der Waals surface area contributed by atoms with E-state index in [9.17, 15) is 19.5 Å². The van der Waals surface area contributed by atoms with Crippen LogP contribution in [-0.4, -0.2) is 64.5 Å². The summed E-state index contributed by atoms with van der Waals surface area (Å²) in [4.78, 5) is 41.3. The molecule has 0 radical (unpaired) electrons. The van der Waals surface area contributed by atoms with Crippen molar-refractivity contribution >= 4 is 29.6 Å². The molecule has 2 N–H and O–H groups in total. The molecule has 0 saturated heterocycles. The van der Waals surface area contributed by atoms with E-state index in [-0.39, 0.29) is 6.61 Å². The summed E-state index contributed by atoms with van der Waals surface area (Å²) in [6.45, 7) is 9.15. The number of nitrogens with zero attached hydrogens (tertiary/aromatic N) is 2. The second kappa shape index (κ2) is 16.6. The number of rotatable bonds is 15. The van der Waals surface area contributed by atoms with Gasteiger partial charge in [0.15, 0.2) is 0 Å². The summed E-state index contributed by atoms with van der Waals surface area (Å²) in [6.07, 6.45) is 1.57. The Morgan fingerprint density at radius 2 is 1.69 bits per heavy atom. The Labute approximate surface area is 236 Å². The van der Waals surface area contributed by atoms with Crippen LogP contribution in [0.2, 0.25) is 0 Å². The number of hydrogen-bond donors (Lipinski definition) is 2. The Kier molecular flexibility index (Phi) is 13.6. The van der Waals surface area contributed by atoms with E-state index in [1.807, 2.05) is 47.8 Å². The van der Waals surface area contributed by atoms with Crippen LogP contribution in [0, 0.1) is 0 Å². The van der Waals surface area contributed by atoms with Gasteiger partial charge in [-0.05, 0) is 63.5 Å². The zero-order valence-corrected chi connectivity index (χ0v) is 24.4. The van der Waals surface area contributed by atoms with Crippen LogP contribution in [0.1, 0.15) is 70.2 Å². The Bertz CT molecular complexity index is 994. The minimum atomic E-state index is -0.978. The molecule has 0 aliphatic rings. The molecular weight excluding hydrogens is 518 g/mol. The zero-order valence-electron chi connectivity index (χ0n) is 23.6. The van der Waals surface area contributed by atoms with Crippen LogP contribution < -0.4 is 5.32 Å². The normalized spacial score (nSPS) is 11.9. The molecule has 9 nitrogen and oxygen atoms in total. The van der Waals surface area contributed by atoms with Crippen molar-refractivity contribution in [1.82, 2.24) is 15.1 Å². The first kappa shape index (κ1) is 31.9. The number of unbranched alkanes of at least 4 members (excludes halogenated alkanes) is 2. The average molecular weight is 562 g/mol. The van der Waals surface area contributed by atoms with Crippen LogP contribution in [0.25, 0.3) is 0 Å². The van der Waals surface area contributed by atoms with E-state index in [4.69, 9.17) is 9.47 Å². The molecule has 0 bridgehead atoms. The average Bonchev–Trinajstić information content (AvgIpc) is 3.39. The van der Waals surface area contributed by atoms with Crippen molar-refractivity contribution in [3.05, 3.63) is 58.3 Å². The Hall–Kier alpha value is -3.27. The molecule has 1 aromatic heterocycles. The van der Waals surface area contributed by atoms with Gasteiger partial charge in [-0.1, -0.05) is 49.7 Å². The van der Waals surface area contributed by atoms with Gasteiger partial charge in [-0.25, -0.2) is 14.4 Å². The third-order valence-corrected chi connectivity index (χ3v) is 6.67. The maximum absolute atomic E-state index is 13.0. The number of amides is 3. The first-order valence-electron chi connectivity index (χ1n) is 13.5. The number of ether oxygens (including phenoxy) is 2. The number of benzene rings is 1. The van der Waals surface area contributed by atoms with Crippen molar-refractivity contribution in [3.8, 4) is 0 Å². The minimum absolute atomic E-state index is 0.00218. The molecule has 0 saturated carbocycles. The summed E-state index contributed by atoms with van der Waals surface area (Å²) in [5, 5.41) is 14.4. The van der Waals surface area contributed by atoms with E-state index in [0.29, 0.717) is 45.4 Å². The number of thiophene rings is 1. The van der Waals surface area contributed by atoms with Gasteiger partial charge in [-0.3, -0.25) is 0 Å². The van der Waals surface area contributed by atoms with Gasteiger partial charge < -0.3 is 29.7 Å². The standard InChI is InChI=1S/C29H43N3O6S/c1-5-6-17-32(21-25-16-12-19-39-25)28(36)37-22-24(30-26(33)38-29(2,3)4)15-10-11-18-31(27(34)35)20-23-13-8-7-9-14-23/h7-9,12-14,16,19,24H,5-6,10-11,15,17-18,20-22H2,1-4H3,(H,30,33)(H,34,35). The molecule has 216 valence electrons. The number of carbonyl (C=O) groups is 3. The number of carbonyl (C=O) groups excluding carboxylic acids is 2. The molecule has 0 spiro atoms. The molecule has 0 aliphatic heterocycles. The van der Waals surface area contributed by atoms with Gasteiger partial charge in [0.05, 0.1) is 12.6 Å². The van der Waals surface area contributed by atoms with Gasteiger partial charge in [0.25, 0.3) is 0 Å². The molecule has 1 heterocycles. The molecular formula is C29H43N3O6S. The van der Waals surface area contributed by atoms with Crippen LogP contribution in [0.4, 0.5) is 14.4 Å². The molecule has 3 amide bonds. The summed E-state index contributed by atoms with van der Waals surface area (Å²) in [6, 6.07) is 12.9. The quantitative estimate of drug-likeness (QED) is 0.233. The predicted octanol–water partition coefficient (Wildman–Crippen LogP) is 6.73. The Morgan fingerprint density at radius 3 is 2.31 bits per heavy atom. The highest BCUT2D eigenvalue weighted by atomic mass is 32.1. The van der Waals surface area contributed by atoms with Gasteiger partial charge in [0.1, 0.15) is 12.2 Å². The monoisotopic (exact) mass is 561 g/mol. The Balaban J connectivity index is 1.94. The second-order valence-corrected chi connectivity index (χ2v) is 11.5. The highest BCUT2D eigenvalue weighted by Gasteiger charge is 2.23. The lowest BCUT2D eigenvalue weighted by Crippen LogP contribution is -2.43. The van der Waals surface area contributed by atoms with Crippen molar-refractivity contribution in [3.63, 3.8) is 0 Å². The van der Waals surface area contributed by atoms with Crippen LogP contribution in [-0.2, 0) is 22.6 Å². The summed E-state index contributed by atoms with van der Waals surface area (Å²) in [5.41, 5.74) is 0.258. The Morgan fingerprint density at radius 1 is 0.974 bits per heavy atom. The fraction of sp³-hybridized carbons (Fsp3) is 0.552. The fourth-order valence-corrected chi connectivity index (χ4v) is 4.57. The largest absolute Gasteiger partial charge is 0.465 e. The van der Waals surface area contributed by atoms with Gasteiger partial charge >= 0.3 is 18.3 Å². The molecule has 0 aliphatic carbocycles. The molecule has 1 atom stereocenters. The van der Waals surface area contributed by atoms with Crippen LogP contribution in [0.15, 0.2) is 47.8 Å². The van der Waals surface area contributed by atoms with Crippen LogP contribution >= 0.6 is 11.3 Å². The van der Waals surface area contributed by atoms with Crippen molar-refractivity contribution in [1.29, 1.82) is 0 Å². The van der Waals surface area contributed by atoms with Crippen molar-refractivity contribution in [2.75, 3.05) is 19.7 Å². The van der Waals surface area contributed by atoms with Gasteiger partial charge in [-0.15, -0.1) is 11.3 Å². The van der Waals surface area contributed by atoms with Gasteiger partial charge in [0, 0.05) is 24.5 Å². The highest BCUT2D eigenvalue weighted by molar-refractivity contribution is 7.09. The van der Waals surface area contributed by atoms with Crippen molar-refractivity contribution in [2.45, 2.75) is 84.5 Å². The topological polar surface area (TPSA) is 108 Å². The predicted molar refractivity (Wildman–Crippen MR) is 153 cm³/mol. The molecule has 39 heavy (non-hydrogen) atoms. The summed E-state index contributed by atoms with van der Waals surface area (Å²) in [5.74, 6) is 0. The van der Waals surface area contributed by atoms with Crippen molar-refractivity contribution in [2.24, 2.45) is 0 Å². The van der Waals surface area contributed by atoms with Crippen LogP contribution in [0.3, 0.4) is 0 Å². The highest BCUT2D eigenvalue weighted by Crippen LogP contribution is 2.15. The molecule has 1 aromatic carbocycles. The second-order valence-electron chi connectivity index (χ2n) is 10.5. The number of carboxylic acid groups (broad SMARTS) is 1. The van der Waals surface area contributed by atoms with E-state index < -0.39 is 29.9 Å².